The third-order valence-corrected chi connectivity index (χ3v) is 7.11. The van der Waals surface area contributed by atoms with Gasteiger partial charge in [0.1, 0.15) is 5.75 Å². The van der Waals surface area contributed by atoms with Gasteiger partial charge in [0.05, 0.1) is 25.8 Å². The van der Waals surface area contributed by atoms with Crippen LogP contribution < -0.4 is 15.0 Å². The maximum Gasteiger partial charge on any atom is 0.233 e. The zero-order chi connectivity index (χ0) is 25.3. The predicted molar refractivity (Wildman–Crippen MR) is 140 cm³/mol. The number of anilines is 1. The lowest BCUT2D eigenvalue weighted by Gasteiger charge is -2.36. The lowest BCUT2D eigenvalue weighted by atomic mass is 10.1. The summed E-state index contributed by atoms with van der Waals surface area (Å²) in [6, 6.07) is 17.7. The predicted octanol–water partition coefficient (Wildman–Crippen LogP) is 2.61. The second kappa shape index (κ2) is 12.4. The first-order valence-electron chi connectivity index (χ1n) is 12.1. The molecule has 190 valence electrons. The smallest absolute Gasteiger partial charge is 0.233 e. The summed E-state index contributed by atoms with van der Waals surface area (Å²) in [6.07, 6.45) is 0.276. The fraction of sp³-hybridized carbons (Fsp3) is 0.385. The minimum atomic E-state index is -0.0927. The number of carbonyl (C=O) groups excluding carboxylic acids is 2. The molecule has 0 aliphatic carbocycles. The molecular formula is C26H32N6O3S. The molecule has 1 aliphatic heterocycles. The summed E-state index contributed by atoms with van der Waals surface area (Å²) in [4.78, 5) is 29.4. The molecule has 3 aromatic rings. The molecule has 2 amide bonds. The fourth-order valence-corrected chi connectivity index (χ4v) is 5.04. The van der Waals surface area contributed by atoms with Crippen molar-refractivity contribution in [3.8, 4) is 5.75 Å². The summed E-state index contributed by atoms with van der Waals surface area (Å²) in [5.41, 5.74) is 2.10. The van der Waals surface area contributed by atoms with E-state index in [4.69, 9.17) is 4.74 Å². The molecule has 1 fully saturated rings. The van der Waals surface area contributed by atoms with Crippen LogP contribution in [0.15, 0.2) is 59.8 Å². The number of amides is 2. The summed E-state index contributed by atoms with van der Waals surface area (Å²) < 4.78 is 7.09. The Kier molecular flexibility index (Phi) is 8.83. The number of hydrogen-bond donors (Lipinski definition) is 1. The second-order valence-electron chi connectivity index (χ2n) is 8.44. The fourth-order valence-electron chi connectivity index (χ4n) is 4.11. The molecule has 0 unspecified atom stereocenters. The molecule has 9 nitrogen and oxygen atoms in total. The van der Waals surface area contributed by atoms with Gasteiger partial charge in [0.25, 0.3) is 0 Å². The van der Waals surface area contributed by atoms with Gasteiger partial charge in [-0.2, -0.15) is 0 Å². The maximum atomic E-state index is 12.8. The Bertz CT molecular complexity index is 1140. The molecule has 0 radical (unpaired) electrons. The summed E-state index contributed by atoms with van der Waals surface area (Å²) in [6.45, 7) is 6.01. The van der Waals surface area contributed by atoms with E-state index in [0.29, 0.717) is 36.4 Å². The van der Waals surface area contributed by atoms with Crippen LogP contribution >= 0.6 is 11.8 Å². The molecule has 0 saturated carbocycles. The third kappa shape index (κ3) is 6.57. The number of thioether (sulfide) groups is 1. The van der Waals surface area contributed by atoms with Crippen LogP contribution in [0, 0.1) is 0 Å². The number of ether oxygens (including phenoxy) is 1. The molecule has 1 N–H and O–H groups in total. The number of para-hydroxylation sites is 1. The van der Waals surface area contributed by atoms with Crippen LogP contribution in [0.2, 0.25) is 0 Å². The molecule has 2 heterocycles. The van der Waals surface area contributed by atoms with Gasteiger partial charge in [-0.05, 0) is 36.8 Å². The monoisotopic (exact) mass is 508 g/mol. The second-order valence-corrected chi connectivity index (χ2v) is 9.38. The van der Waals surface area contributed by atoms with Crippen LogP contribution in [-0.4, -0.2) is 70.5 Å². The average molecular weight is 509 g/mol. The molecule has 1 aromatic heterocycles. The van der Waals surface area contributed by atoms with Crippen LogP contribution in [0.5, 0.6) is 5.75 Å². The number of hydrogen-bond acceptors (Lipinski definition) is 7. The molecule has 1 aliphatic rings. The third-order valence-electron chi connectivity index (χ3n) is 6.16. The number of nitrogens with one attached hydrogen (secondary N) is 1. The lowest BCUT2D eigenvalue weighted by Crippen LogP contribution is -2.49. The van der Waals surface area contributed by atoms with E-state index in [0.717, 1.165) is 24.4 Å². The molecular weight excluding hydrogens is 476 g/mol. The van der Waals surface area contributed by atoms with Crippen LogP contribution in [0.1, 0.15) is 18.3 Å². The van der Waals surface area contributed by atoms with Gasteiger partial charge in [-0.15, -0.1) is 10.2 Å². The van der Waals surface area contributed by atoms with E-state index in [2.05, 4.69) is 32.5 Å². The lowest BCUT2D eigenvalue weighted by molar-refractivity contribution is -0.128. The van der Waals surface area contributed by atoms with Crippen molar-refractivity contribution in [1.29, 1.82) is 0 Å². The van der Waals surface area contributed by atoms with Crippen molar-refractivity contribution in [1.82, 2.24) is 25.0 Å². The first kappa shape index (κ1) is 25.6. The van der Waals surface area contributed by atoms with E-state index in [9.17, 15) is 9.59 Å². The van der Waals surface area contributed by atoms with Crippen molar-refractivity contribution < 1.29 is 14.3 Å². The van der Waals surface area contributed by atoms with E-state index in [-0.39, 0.29) is 24.8 Å². The van der Waals surface area contributed by atoms with Gasteiger partial charge in [-0.1, -0.05) is 42.1 Å². The first-order chi connectivity index (χ1) is 17.6. The van der Waals surface area contributed by atoms with E-state index in [1.54, 1.807) is 7.11 Å². The minimum Gasteiger partial charge on any atom is -0.497 e. The number of nitrogens with zero attached hydrogens (tertiary/aromatic N) is 5. The van der Waals surface area contributed by atoms with Gasteiger partial charge in [0.2, 0.25) is 11.8 Å². The molecule has 2 aromatic carbocycles. The Balaban J connectivity index is 1.24. The highest BCUT2D eigenvalue weighted by atomic mass is 32.2. The highest BCUT2D eigenvalue weighted by molar-refractivity contribution is 7.99. The zero-order valence-corrected chi connectivity index (χ0v) is 21.5. The molecule has 0 atom stereocenters. The van der Waals surface area contributed by atoms with Crippen LogP contribution in [0.4, 0.5) is 5.69 Å². The first-order valence-corrected chi connectivity index (χ1v) is 13.1. The molecule has 0 bridgehead atoms. The van der Waals surface area contributed by atoms with E-state index < -0.39 is 0 Å². The minimum absolute atomic E-state index is 0.0927. The van der Waals surface area contributed by atoms with E-state index in [1.807, 2.05) is 58.9 Å². The van der Waals surface area contributed by atoms with Crippen LogP contribution in [0.25, 0.3) is 0 Å². The van der Waals surface area contributed by atoms with Crippen molar-refractivity contribution in [2.24, 2.45) is 0 Å². The van der Waals surface area contributed by atoms with Crippen molar-refractivity contribution in [3.05, 3.63) is 66.0 Å². The summed E-state index contributed by atoms with van der Waals surface area (Å²) in [7, 11) is 1.61. The Labute approximate surface area is 215 Å². The number of aromatic nitrogens is 3. The van der Waals surface area contributed by atoms with E-state index >= 15 is 0 Å². The zero-order valence-electron chi connectivity index (χ0n) is 20.7. The number of carbonyl (C=O) groups is 2. The topological polar surface area (TPSA) is 92.6 Å². The van der Waals surface area contributed by atoms with Crippen molar-refractivity contribution in [2.75, 3.05) is 43.9 Å². The van der Waals surface area contributed by atoms with Crippen molar-refractivity contribution in [3.63, 3.8) is 0 Å². The van der Waals surface area contributed by atoms with Crippen molar-refractivity contribution in [2.45, 2.75) is 31.6 Å². The molecule has 36 heavy (non-hydrogen) atoms. The van der Waals surface area contributed by atoms with Gasteiger partial charge in [-0.3, -0.25) is 9.59 Å². The normalized spacial score (nSPS) is 13.5. The summed E-state index contributed by atoms with van der Waals surface area (Å²) in [5.74, 6) is 1.76. The van der Waals surface area contributed by atoms with Crippen LogP contribution in [0.3, 0.4) is 0 Å². The number of methoxy groups -OCH3 is 1. The van der Waals surface area contributed by atoms with Crippen LogP contribution in [-0.2, 0) is 29.1 Å². The van der Waals surface area contributed by atoms with Gasteiger partial charge < -0.3 is 24.4 Å². The Morgan fingerprint density at radius 3 is 2.39 bits per heavy atom. The summed E-state index contributed by atoms with van der Waals surface area (Å²) in [5, 5.41) is 12.1. The number of rotatable bonds is 10. The quantitative estimate of drug-likeness (QED) is 0.421. The molecule has 10 heteroatoms. The van der Waals surface area contributed by atoms with Gasteiger partial charge in [0, 0.05) is 38.4 Å². The van der Waals surface area contributed by atoms with Gasteiger partial charge >= 0.3 is 0 Å². The molecule has 4 rings (SSSR count). The summed E-state index contributed by atoms with van der Waals surface area (Å²) >= 11 is 1.39. The highest BCUT2D eigenvalue weighted by Gasteiger charge is 2.22. The Morgan fingerprint density at radius 2 is 1.72 bits per heavy atom. The Morgan fingerprint density at radius 1 is 1.00 bits per heavy atom. The standard InChI is InChI=1S/C26H32N6O3S/c1-3-32-23(18-27-24(33)17-20-9-11-22(35-2)12-10-20)28-29-26(32)36-19-25(34)31-15-13-30(14-16-31)21-7-5-4-6-8-21/h4-12H,3,13-19H2,1-2H3,(H,27,33). The molecule has 0 spiro atoms. The maximum absolute atomic E-state index is 12.8. The number of benzene rings is 2. The molecule has 1 saturated heterocycles. The SMILES string of the molecule is CCn1c(CNC(=O)Cc2ccc(OC)cc2)nnc1SCC(=O)N1CCN(c2ccccc2)CC1. The van der Waals surface area contributed by atoms with Gasteiger partial charge in [-0.25, -0.2) is 0 Å². The number of piperazine rings is 1. The Hall–Kier alpha value is -3.53. The highest BCUT2D eigenvalue weighted by Crippen LogP contribution is 2.20. The largest absolute Gasteiger partial charge is 0.497 e. The average Bonchev–Trinajstić information content (AvgIpc) is 3.33. The van der Waals surface area contributed by atoms with E-state index in [1.165, 1.54) is 17.4 Å². The van der Waals surface area contributed by atoms with Crippen molar-refractivity contribution >= 4 is 29.3 Å². The van der Waals surface area contributed by atoms with Gasteiger partial charge in [0.15, 0.2) is 11.0 Å².